The van der Waals surface area contributed by atoms with Crippen LogP contribution in [0.25, 0.3) is 0 Å². The van der Waals surface area contributed by atoms with Gasteiger partial charge in [-0.15, -0.1) is 0 Å². The molecule has 0 unspecified atom stereocenters. The lowest BCUT2D eigenvalue weighted by Gasteiger charge is -2.12. The molecule has 2 rings (SSSR count). The van der Waals surface area contributed by atoms with Gasteiger partial charge in [0.05, 0.1) is 26.9 Å². The molecule has 25 heavy (non-hydrogen) atoms. The lowest BCUT2D eigenvalue weighted by molar-refractivity contribution is -0.671. The van der Waals surface area contributed by atoms with Gasteiger partial charge in [-0.05, 0) is 30.7 Å². The van der Waals surface area contributed by atoms with Gasteiger partial charge in [0.1, 0.15) is 6.54 Å². The van der Waals surface area contributed by atoms with Crippen LogP contribution in [0.5, 0.6) is 11.5 Å². The Balaban J connectivity index is 1.78. The molecule has 0 saturated heterocycles. The molecule has 4 heteroatoms. The molecule has 2 aromatic carbocycles. The molecule has 0 amide bonds. The summed E-state index contributed by atoms with van der Waals surface area (Å²) >= 11 is 0. The molecule has 2 N–H and O–H groups in total. The summed E-state index contributed by atoms with van der Waals surface area (Å²) in [7, 11) is 1.69. The van der Waals surface area contributed by atoms with E-state index in [9.17, 15) is 0 Å². The van der Waals surface area contributed by atoms with Gasteiger partial charge in [-0.25, -0.2) is 0 Å². The number of rotatable bonds is 12. The summed E-state index contributed by atoms with van der Waals surface area (Å²) in [6, 6.07) is 16.5. The van der Waals surface area contributed by atoms with Crippen LogP contribution < -0.4 is 14.8 Å². The highest BCUT2D eigenvalue weighted by Crippen LogP contribution is 2.28. The molecule has 0 aliphatic carbocycles. The quantitative estimate of drug-likeness (QED) is 0.602. The average molecular weight is 344 g/mol. The van der Waals surface area contributed by atoms with Gasteiger partial charge in [-0.3, -0.25) is 0 Å². The number of nitrogens with two attached hydrogens (primary N) is 1. The van der Waals surface area contributed by atoms with Crippen molar-refractivity contribution in [3.05, 3.63) is 59.7 Å². The molecule has 4 nitrogen and oxygen atoms in total. The third-order valence-electron chi connectivity index (χ3n) is 4.00. The molecule has 0 aliphatic heterocycles. The Bertz CT molecular complexity index is 601. The molecular formula is C21H30NO3+. The minimum absolute atomic E-state index is 0.642. The molecule has 0 fully saturated rings. The molecule has 0 atom stereocenters. The number of benzene rings is 2. The summed E-state index contributed by atoms with van der Waals surface area (Å²) in [5.74, 6) is 1.60. The smallest absolute Gasteiger partial charge is 0.161 e. The number of hydrogen-bond donors (Lipinski definition) is 1. The second kappa shape index (κ2) is 11.5. The van der Waals surface area contributed by atoms with Crippen molar-refractivity contribution in [1.29, 1.82) is 0 Å². The maximum Gasteiger partial charge on any atom is 0.161 e. The van der Waals surface area contributed by atoms with Crippen LogP contribution in [0.1, 0.15) is 24.5 Å². The molecule has 0 aliphatic rings. The first-order valence-electron chi connectivity index (χ1n) is 9.06. The summed E-state index contributed by atoms with van der Waals surface area (Å²) in [5, 5.41) is 2.30. The predicted octanol–water partition coefficient (Wildman–Crippen LogP) is 2.81. The van der Waals surface area contributed by atoms with Gasteiger partial charge < -0.3 is 19.5 Å². The topological polar surface area (TPSA) is 44.3 Å². The Hall–Kier alpha value is -2.04. The lowest BCUT2D eigenvalue weighted by Crippen LogP contribution is -2.82. The largest absolute Gasteiger partial charge is 0.493 e. The van der Waals surface area contributed by atoms with E-state index in [1.54, 1.807) is 7.11 Å². The van der Waals surface area contributed by atoms with E-state index in [4.69, 9.17) is 14.2 Å². The maximum absolute atomic E-state index is 5.91. The number of methoxy groups -OCH3 is 1. The maximum atomic E-state index is 5.91. The van der Waals surface area contributed by atoms with Crippen molar-refractivity contribution < 1.29 is 19.5 Å². The van der Waals surface area contributed by atoms with Gasteiger partial charge in [-0.1, -0.05) is 30.3 Å². The van der Waals surface area contributed by atoms with E-state index >= 15 is 0 Å². The molecular weight excluding hydrogens is 314 g/mol. The highest BCUT2D eigenvalue weighted by atomic mass is 16.5. The van der Waals surface area contributed by atoms with Gasteiger partial charge in [0.25, 0.3) is 0 Å². The first-order valence-corrected chi connectivity index (χ1v) is 9.06. The summed E-state index contributed by atoms with van der Waals surface area (Å²) in [5.41, 5.74) is 2.52. The van der Waals surface area contributed by atoms with Crippen LogP contribution in [0, 0.1) is 0 Å². The van der Waals surface area contributed by atoms with E-state index < -0.39 is 0 Å². The van der Waals surface area contributed by atoms with Crippen molar-refractivity contribution in [2.45, 2.75) is 26.3 Å². The second-order valence-corrected chi connectivity index (χ2v) is 5.90. The van der Waals surface area contributed by atoms with Gasteiger partial charge in [0.15, 0.2) is 11.5 Å². The average Bonchev–Trinajstić information content (AvgIpc) is 2.66. The minimum Gasteiger partial charge on any atom is -0.493 e. The van der Waals surface area contributed by atoms with Crippen LogP contribution in [-0.2, 0) is 17.7 Å². The van der Waals surface area contributed by atoms with Crippen LogP contribution in [0.4, 0.5) is 0 Å². The van der Waals surface area contributed by atoms with Crippen molar-refractivity contribution in [2.75, 3.05) is 33.5 Å². The zero-order valence-electron chi connectivity index (χ0n) is 15.4. The highest BCUT2D eigenvalue weighted by Gasteiger charge is 2.07. The van der Waals surface area contributed by atoms with E-state index in [-0.39, 0.29) is 0 Å². The fourth-order valence-electron chi connectivity index (χ4n) is 2.62. The SMILES string of the molecule is CCOCCC[NH2+]Cc1ccc(OCCc2ccccc2)c(OC)c1. The normalized spacial score (nSPS) is 10.6. The van der Waals surface area contributed by atoms with Gasteiger partial charge >= 0.3 is 0 Å². The molecule has 0 heterocycles. The fraction of sp³-hybridized carbons (Fsp3) is 0.429. The van der Waals surface area contributed by atoms with Crippen LogP contribution >= 0.6 is 0 Å². The van der Waals surface area contributed by atoms with Gasteiger partial charge in [0.2, 0.25) is 0 Å². The van der Waals surface area contributed by atoms with Crippen molar-refractivity contribution in [2.24, 2.45) is 0 Å². The van der Waals surface area contributed by atoms with Crippen molar-refractivity contribution in [3.8, 4) is 11.5 Å². The third kappa shape index (κ3) is 7.16. The minimum atomic E-state index is 0.642. The van der Waals surface area contributed by atoms with Crippen molar-refractivity contribution in [1.82, 2.24) is 0 Å². The molecule has 0 spiro atoms. The van der Waals surface area contributed by atoms with Crippen molar-refractivity contribution >= 4 is 0 Å². The summed E-state index contributed by atoms with van der Waals surface area (Å²) in [6.07, 6.45) is 1.96. The highest BCUT2D eigenvalue weighted by molar-refractivity contribution is 5.42. The number of hydrogen-bond acceptors (Lipinski definition) is 3. The Morgan fingerprint density at radius 2 is 1.76 bits per heavy atom. The Morgan fingerprint density at radius 3 is 2.52 bits per heavy atom. The summed E-state index contributed by atoms with van der Waals surface area (Å²) in [6.45, 7) is 6.31. The van der Waals surface area contributed by atoms with Gasteiger partial charge in [-0.2, -0.15) is 0 Å². The van der Waals surface area contributed by atoms with Crippen LogP contribution in [0.15, 0.2) is 48.5 Å². The Kier molecular flexibility index (Phi) is 8.87. The van der Waals surface area contributed by atoms with Crippen molar-refractivity contribution in [3.63, 3.8) is 0 Å². The van der Waals surface area contributed by atoms with Crippen LogP contribution in [0.3, 0.4) is 0 Å². The second-order valence-electron chi connectivity index (χ2n) is 5.90. The molecule has 0 aromatic heterocycles. The molecule has 0 radical (unpaired) electrons. The first-order chi connectivity index (χ1) is 12.3. The van der Waals surface area contributed by atoms with Crippen LogP contribution in [0.2, 0.25) is 0 Å². The summed E-state index contributed by atoms with van der Waals surface area (Å²) in [4.78, 5) is 0. The van der Waals surface area contributed by atoms with E-state index in [1.807, 2.05) is 19.1 Å². The van der Waals surface area contributed by atoms with E-state index in [0.29, 0.717) is 6.61 Å². The third-order valence-corrected chi connectivity index (χ3v) is 4.00. The van der Waals surface area contributed by atoms with E-state index in [2.05, 4.69) is 41.7 Å². The monoisotopic (exact) mass is 344 g/mol. The molecule has 0 bridgehead atoms. The van der Waals surface area contributed by atoms with E-state index in [0.717, 1.165) is 50.6 Å². The first kappa shape index (κ1) is 19.3. The lowest BCUT2D eigenvalue weighted by atomic mass is 10.1. The number of quaternary nitrogens is 1. The zero-order chi connectivity index (χ0) is 17.7. The fourth-order valence-corrected chi connectivity index (χ4v) is 2.62. The Labute approximate surface area is 151 Å². The standard InChI is InChI=1S/C21H29NO3/c1-3-24-14-7-13-22-17-19-10-11-20(21(16-19)23-2)25-15-12-18-8-5-4-6-9-18/h4-6,8-11,16,22H,3,7,12-15,17H2,1-2H3/p+1. The number of ether oxygens (including phenoxy) is 3. The summed E-state index contributed by atoms with van der Waals surface area (Å²) < 4.78 is 16.7. The predicted molar refractivity (Wildman–Crippen MR) is 100 cm³/mol. The molecule has 136 valence electrons. The van der Waals surface area contributed by atoms with Gasteiger partial charge in [0, 0.05) is 25.0 Å². The zero-order valence-corrected chi connectivity index (χ0v) is 15.4. The van der Waals surface area contributed by atoms with Crippen LogP contribution in [-0.4, -0.2) is 33.5 Å². The molecule has 2 aromatic rings. The molecule has 0 saturated carbocycles. The Morgan fingerprint density at radius 1 is 0.920 bits per heavy atom. The van der Waals surface area contributed by atoms with E-state index in [1.165, 1.54) is 11.1 Å².